The van der Waals surface area contributed by atoms with Crippen LogP contribution in [-0.4, -0.2) is 30.2 Å². The number of alkyl halides is 3. The predicted molar refractivity (Wildman–Crippen MR) is 78.9 cm³/mol. The second-order valence-electron chi connectivity index (χ2n) is 5.44. The molecule has 2 unspecified atom stereocenters. The van der Waals surface area contributed by atoms with Crippen molar-refractivity contribution in [1.82, 2.24) is 10.3 Å². The van der Waals surface area contributed by atoms with E-state index in [-0.39, 0.29) is 12.1 Å². The van der Waals surface area contributed by atoms with Crippen LogP contribution in [0, 0.1) is 0 Å². The average Bonchev–Trinajstić information content (AvgIpc) is 2.79. The van der Waals surface area contributed by atoms with Gasteiger partial charge in [0.05, 0.1) is 15.8 Å². The van der Waals surface area contributed by atoms with Crippen molar-refractivity contribution in [3.05, 3.63) is 23.8 Å². The highest BCUT2D eigenvalue weighted by molar-refractivity contribution is 7.22. The molecule has 1 saturated heterocycles. The SMILES string of the molecule is CC1CNCC(C)N1c1nc2ccc(C(F)(F)F)cc2s1. The number of halogens is 3. The van der Waals surface area contributed by atoms with Crippen LogP contribution in [0.1, 0.15) is 19.4 Å². The summed E-state index contributed by atoms with van der Waals surface area (Å²) in [6.45, 7) is 5.90. The van der Waals surface area contributed by atoms with Gasteiger partial charge in [0.1, 0.15) is 0 Å². The molecule has 0 spiro atoms. The highest BCUT2D eigenvalue weighted by atomic mass is 32.1. The minimum Gasteiger partial charge on any atom is -0.340 e. The van der Waals surface area contributed by atoms with Gasteiger partial charge in [-0.05, 0) is 32.0 Å². The molecule has 2 heterocycles. The number of aromatic nitrogens is 1. The van der Waals surface area contributed by atoms with E-state index >= 15 is 0 Å². The van der Waals surface area contributed by atoms with Gasteiger partial charge >= 0.3 is 6.18 Å². The lowest BCUT2D eigenvalue weighted by Gasteiger charge is -2.39. The predicted octanol–water partition coefficient (Wildman–Crippen LogP) is 3.50. The van der Waals surface area contributed by atoms with Crippen molar-refractivity contribution in [3.8, 4) is 0 Å². The van der Waals surface area contributed by atoms with Crippen molar-refractivity contribution in [1.29, 1.82) is 0 Å². The van der Waals surface area contributed by atoms with Gasteiger partial charge in [0.2, 0.25) is 0 Å². The summed E-state index contributed by atoms with van der Waals surface area (Å²) in [7, 11) is 0. The summed E-state index contributed by atoms with van der Waals surface area (Å²) in [5, 5.41) is 4.13. The Morgan fingerprint density at radius 2 is 1.90 bits per heavy atom. The zero-order valence-electron chi connectivity index (χ0n) is 11.7. The second-order valence-corrected chi connectivity index (χ2v) is 6.45. The van der Waals surface area contributed by atoms with E-state index in [1.54, 1.807) is 0 Å². The summed E-state index contributed by atoms with van der Waals surface area (Å²) in [5.74, 6) is 0. The molecule has 0 aliphatic carbocycles. The van der Waals surface area contributed by atoms with E-state index in [1.807, 2.05) is 0 Å². The largest absolute Gasteiger partial charge is 0.416 e. The Morgan fingerprint density at radius 3 is 2.52 bits per heavy atom. The molecule has 0 saturated carbocycles. The minimum atomic E-state index is -4.31. The molecule has 1 aliphatic rings. The first-order chi connectivity index (χ1) is 9.86. The van der Waals surface area contributed by atoms with Gasteiger partial charge in [-0.15, -0.1) is 0 Å². The van der Waals surface area contributed by atoms with Crippen LogP contribution in [0.5, 0.6) is 0 Å². The van der Waals surface area contributed by atoms with Crippen molar-refractivity contribution >= 4 is 26.7 Å². The monoisotopic (exact) mass is 315 g/mol. The Hall–Kier alpha value is -1.34. The van der Waals surface area contributed by atoms with E-state index in [0.717, 1.165) is 24.3 Å². The molecular formula is C14H16F3N3S. The summed E-state index contributed by atoms with van der Waals surface area (Å²) in [4.78, 5) is 6.70. The van der Waals surface area contributed by atoms with Gasteiger partial charge in [0.15, 0.2) is 5.13 Å². The second kappa shape index (κ2) is 5.14. The normalized spacial score (nSPS) is 23.8. The maximum atomic E-state index is 12.8. The third kappa shape index (κ3) is 2.72. The zero-order valence-corrected chi connectivity index (χ0v) is 12.6. The Morgan fingerprint density at radius 1 is 1.24 bits per heavy atom. The highest BCUT2D eigenvalue weighted by Crippen LogP contribution is 2.36. The Balaban J connectivity index is 2.01. The molecule has 0 bridgehead atoms. The third-order valence-corrected chi connectivity index (χ3v) is 4.79. The molecule has 0 radical (unpaired) electrons. The fourth-order valence-electron chi connectivity index (χ4n) is 2.71. The first-order valence-corrected chi connectivity index (χ1v) is 7.65. The zero-order chi connectivity index (χ0) is 15.2. The van der Waals surface area contributed by atoms with Crippen molar-refractivity contribution in [2.75, 3.05) is 18.0 Å². The summed E-state index contributed by atoms with van der Waals surface area (Å²) < 4.78 is 38.9. The first kappa shape index (κ1) is 14.6. The Labute approximate surface area is 124 Å². The van der Waals surface area contributed by atoms with E-state index in [2.05, 4.69) is 29.0 Å². The number of anilines is 1. The van der Waals surface area contributed by atoms with Crippen LogP contribution < -0.4 is 10.2 Å². The number of piperazine rings is 1. The summed E-state index contributed by atoms with van der Waals surface area (Å²) in [6.07, 6.45) is -4.31. The third-order valence-electron chi connectivity index (χ3n) is 3.75. The number of rotatable bonds is 1. The number of nitrogens with zero attached hydrogens (tertiary/aromatic N) is 2. The van der Waals surface area contributed by atoms with Gasteiger partial charge in [-0.2, -0.15) is 13.2 Å². The topological polar surface area (TPSA) is 28.2 Å². The molecule has 21 heavy (non-hydrogen) atoms. The molecule has 114 valence electrons. The van der Waals surface area contributed by atoms with Gasteiger partial charge in [-0.3, -0.25) is 0 Å². The molecule has 7 heteroatoms. The smallest absolute Gasteiger partial charge is 0.340 e. The van der Waals surface area contributed by atoms with Gasteiger partial charge in [-0.1, -0.05) is 11.3 Å². The van der Waals surface area contributed by atoms with Crippen molar-refractivity contribution in [2.45, 2.75) is 32.1 Å². The molecule has 3 nitrogen and oxygen atoms in total. The molecule has 1 aromatic carbocycles. The fraction of sp³-hybridized carbons (Fsp3) is 0.500. The number of benzene rings is 1. The van der Waals surface area contributed by atoms with E-state index in [4.69, 9.17) is 0 Å². The molecule has 1 N–H and O–H groups in total. The van der Waals surface area contributed by atoms with E-state index < -0.39 is 11.7 Å². The van der Waals surface area contributed by atoms with Crippen molar-refractivity contribution in [3.63, 3.8) is 0 Å². The maximum absolute atomic E-state index is 12.8. The van der Waals surface area contributed by atoms with Gasteiger partial charge in [-0.25, -0.2) is 4.98 Å². The lowest BCUT2D eigenvalue weighted by atomic mass is 10.1. The first-order valence-electron chi connectivity index (χ1n) is 6.83. The molecule has 1 fully saturated rings. The minimum absolute atomic E-state index is 0.274. The quantitative estimate of drug-likeness (QED) is 0.873. The number of hydrogen-bond donors (Lipinski definition) is 1. The Kier molecular flexibility index (Phi) is 3.57. The van der Waals surface area contributed by atoms with Crippen LogP contribution in [0.15, 0.2) is 18.2 Å². The maximum Gasteiger partial charge on any atom is 0.416 e. The highest BCUT2D eigenvalue weighted by Gasteiger charge is 2.31. The molecule has 1 aromatic heterocycles. The number of hydrogen-bond acceptors (Lipinski definition) is 4. The van der Waals surface area contributed by atoms with Crippen LogP contribution in [0.2, 0.25) is 0 Å². The van der Waals surface area contributed by atoms with Crippen molar-refractivity contribution < 1.29 is 13.2 Å². The molecule has 1 aliphatic heterocycles. The summed E-state index contributed by atoms with van der Waals surface area (Å²) >= 11 is 1.33. The van der Waals surface area contributed by atoms with Gasteiger partial charge in [0, 0.05) is 25.2 Å². The van der Waals surface area contributed by atoms with Crippen molar-refractivity contribution in [2.24, 2.45) is 0 Å². The molecule has 2 atom stereocenters. The standard InChI is InChI=1S/C14H16F3N3S/c1-8-6-18-7-9(2)20(8)13-19-11-4-3-10(14(15,16)17)5-12(11)21-13/h3-5,8-9,18H,6-7H2,1-2H3. The Bertz CT molecular complexity index is 642. The fourth-order valence-corrected chi connectivity index (χ4v) is 3.92. The summed E-state index contributed by atoms with van der Waals surface area (Å²) in [5.41, 5.74) is 0.00698. The van der Waals surface area contributed by atoms with Crippen LogP contribution >= 0.6 is 11.3 Å². The molecule has 0 amide bonds. The van der Waals surface area contributed by atoms with E-state index in [0.29, 0.717) is 10.2 Å². The number of fused-ring (bicyclic) bond motifs is 1. The van der Waals surface area contributed by atoms with Gasteiger partial charge < -0.3 is 10.2 Å². The van der Waals surface area contributed by atoms with E-state index in [9.17, 15) is 13.2 Å². The van der Waals surface area contributed by atoms with Gasteiger partial charge in [0.25, 0.3) is 0 Å². The van der Waals surface area contributed by atoms with Crippen LogP contribution in [0.25, 0.3) is 10.2 Å². The van der Waals surface area contributed by atoms with Crippen LogP contribution in [0.4, 0.5) is 18.3 Å². The van der Waals surface area contributed by atoms with Crippen LogP contribution in [-0.2, 0) is 6.18 Å². The van der Waals surface area contributed by atoms with Crippen LogP contribution in [0.3, 0.4) is 0 Å². The summed E-state index contributed by atoms with van der Waals surface area (Å²) in [6, 6.07) is 4.29. The average molecular weight is 315 g/mol. The number of thiazole rings is 1. The molecule has 3 rings (SSSR count). The molecular weight excluding hydrogens is 299 g/mol. The lowest BCUT2D eigenvalue weighted by Crippen LogP contribution is -2.55. The van der Waals surface area contributed by atoms with E-state index in [1.165, 1.54) is 23.5 Å². The number of nitrogens with one attached hydrogen (secondary N) is 1. The molecule has 2 aromatic rings. The lowest BCUT2D eigenvalue weighted by molar-refractivity contribution is -0.137.